The van der Waals surface area contributed by atoms with Crippen LogP contribution in [0.15, 0.2) is 48.8 Å². The topological polar surface area (TPSA) is 46.4 Å². The average Bonchev–Trinajstić information content (AvgIpc) is 2.80. The molecule has 0 saturated heterocycles. The van der Waals surface area contributed by atoms with E-state index in [0.29, 0.717) is 6.42 Å². The number of nitrogens with zero attached hydrogens (tertiary/aromatic N) is 2. The molecule has 0 aliphatic rings. The van der Waals surface area contributed by atoms with E-state index in [1.165, 1.54) is 5.56 Å². The average molecular weight is 279 g/mol. The molecule has 1 amide bonds. The number of aryl methyl sites for hydroxylation is 2. The van der Waals surface area contributed by atoms with E-state index >= 15 is 0 Å². The molecule has 0 bridgehead atoms. The number of rotatable bonds is 3. The molecule has 3 rings (SSSR count). The number of benzene rings is 1. The van der Waals surface area contributed by atoms with Gasteiger partial charge >= 0.3 is 0 Å². The summed E-state index contributed by atoms with van der Waals surface area (Å²) in [5, 5.41) is 2.92. The molecule has 21 heavy (non-hydrogen) atoms. The predicted molar refractivity (Wildman–Crippen MR) is 83.4 cm³/mol. The van der Waals surface area contributed by atoms with E-state index < -0.39 is 0 Å². The standard InChI is InChI=1S/C17H17N3O/c1-12-3-5-14(6-4-12)9-17(21)19-15-7-8-16-18-13(2)10-20(16)11-15/h3-8,10-11H,9H2,1-2H3,(H,19,21). The van der Waals surface area contributed by atoms with Crippen LogP contribution in [0.4, 0.5) is 5.69 Å². The van der Waals surface area contributed by atoms with Crippen LogP contribution in [0.25, 0.3) is 5.65 Å². The van der Waals surface area contributed by atoms with Gasteiger partial charge in [0.15, 0.2) is 0 Å². The Morgan fingerprint density at radius 2 is 1.86 bits per heavy atom. The molecule has 0 radical (unpaired) electrons. The molecule has 0 aliphatic heterocycles. The monoisotopic (exact) mass is 279 g/mol. The molecule has 4 heteroatoms. The Hall–Kier alpha value is -2.62. The molecule has 0 saturated carbocycles. The highest BCUT2D eigenvalue weighted by molar-refractivity contribution is 5.92. The number of carbonyl (C=O) groups excluding carboxylic acids is 1. The zero-order chi connectivity index (χ0) is 14.8. The van der Waals surface area contributed by atoms with Crippen molar-refractivity contribution in [2.24, 2.45) is 0 Å². The molecule has 0 unspecified atom stereocenters. The molecule has 1 aromatic carbocycles. The lowest BCUT2D eigenvalue weighted by molar-refractivity contribution is -0.115. The fraction of sp³-hybridized carbons (Fsp3) is 0.176. The van der Waals surface area contributed by atoms with E-state index in [1.54, 1.807) is 0 Å². The number of hydrogen-bond donors (Lipinski definition) is 1. The third-order valence-electron chi connectivity index (χ3n) is 3.34. The highest BCUT2D eigenvalue weighted by Crippen LogP contribution is 2.12. The van der Waals surface area contributed by atoms with Crippen LogP contribution in [0.5, 0.6) is 0 Å². The number of pyridine rings is 1. The Labute approximate surface area is 123 Å². The van der Waals surface area contributed by atoms with E-state index in [4.69, 9.17) is 0 Å². The fourth-order valence-corrected chi connectivity index (χ4v) is 2.29. The van der Waals surface area contributed by atoms with Crippen LogP contribution >= 0.6 is 0 Å². The molecule has 0 spiro atoms. The summed E-state index contributed by atoms with van der Waals surface area (Å²) in [4.78, 5) is 16.4. The first-order valence-corrected chi connectivity index (χ1v) is 6.91. The molecular formula is C17H17N3O. The maximum Gasteiger partial charge on any atom is 0.228 e. The summed E-state index contributed by atoms with van der Waals surface area (Å²) in [6.07, 6.45) is 4.19. The van der Waals surface area contributed by atoms with Crippen molar-refractivity contribution >= 4 is 17.2 Å². The highest BCUT2D eigenvalue weighted by Gasteiger charge is 2.05. The second kappa shape index (κ2) is 5.40. The zero-order valence-corrected chi connectivity index (χ0v) is 12.1. The third kappa shape index (κ3) is 3.11. The lowest BCUT2D eigenvalue weighted by Crippen LogP contribution is -2.14. The van der Waals surface area contributed by atoms with Crippen LogP contribution in [0.2, 0.25) is 0 Å². The largest absolute Gasteiger partial charge is 0.324 e. The van der Waals surface area contributed by atoms with Gasteiger partial charge in [0.05, 0.1) is 17.8 Å². The minimum atomic E-state index is -0.0185. The first-order chi connectivity index (χ1) is 10.1. The predicted octanol–water partition coefficient (Wildman–Crippen LogP) is 3.13. The summed E-state index contributed by atoms with van der Waals surface area (Å²) in [5.74, 6) is -0.0185. The van der Waals surface area contributed by atoms with E-state index in [9.17, 15) is 4.79 Å². The number of anilines is 1. The van der Waals surface area contributed by atoms with Crippen molar-refractivity contribution in [3.05, 3.63) is 65.6 Å². The Bertz CT molecular complexity index is 787. The van der Waals surface area contributed by atoms with Crippen molar-refractivity contribution in [2.45, 2.75) is 20.3 Å². The SMILES string of the molecule is Cc1ccc(CC(=O)Nc2ccc3nc(C)cn3c2)cc1. The van der Waals surface area contributed by atoms with Crippen molar-refractivity contribution in [3.63, 3.8) is 0 Å². The number of fused-ring (bicyclic) bond motifs is 1. The minimum absolute atomic E-state index is 0.0185. The van der Waals surface area contributed by atoms with Gasteiger partial charge in [-0.1, -0.05) is 29.8 Å². The van der Waals surface area contributed by atoms with Crippen LogP contribution in [0, 0.1) is 13.8 Å². The lowest BCUT2D eigenvalue weighted by atomic mass is 10.1. The maximum atomic E-state index is 12.1. The molecule has 2 heterocycles. The second-order valence-corrected chi connectivity index (χ2v) is 5.28. The Balaban J connectivity index is 1.71. The fourth-order valence-electron chi connectivity index (χ4n) is 2.29. The molecule has 0 fully saturated rings. The minimum Gasteiger partial charge on any atom is -0.324 e. The van der Waals surface area contributed by atoms with Gasteiger partial charge in [0.25, 0.3) is 0 Å². The summed E-state index contributed by atoms with van der Waals surface area (Å²) in [7, 11) is 0. The number of aromatic nitrogens is 2. The summed E-state index contributed by atoms with van der Waals surface area (Å²) in [6.45, 7) is 3.98. The number of carbonyl (C=O) groups is 1. The lowest BCUT2D eigenvalue weighted by Gasteiger charge is -2.06. The van der Waals surface area contributed by atoms with Gasteiger partial charge in [-0.3, -0.25) is 4.79 Å². The van der Waals surface area contributed by atoms with Crippen molar-refractivity contribution in [1.29, 1.82) is 0 Å². The third-order valence-corrected chi connectivity index (χ3v) is 3.34. The van der Waals surface area contributed by atoms with Crippen LogP contribution < -0.4 is 5.32 Å². The molecule has 4 nitrogen and oxygen atoms in total. The Morgan fingerprint density at radius 1 is 1.10 bits per heavy atom. The molecule has 106 valence electrons. The van der Waals surface area contributed by atoms with Gasteiger partial charge in [-0.25, -0.2) is 4.98 Å². The van der Waals surface area contributed by atoms with Crippen molar-refractivity contribution in [3.8, 4) is 0 Å². The smallest absolute Gasteiger partial charge is 0.228 e. The first kappa shape index (κ1) is 13.4. The molecule has 0 atom stereocenters. The van der Waals surface area contributed by atoms with Gasteiger partial charge < -0.3 is 9.72 Å². The molecular weight excluding hydrogens is 262 g/mol. The maximum absolute atomic E-state index is 12.1. The quantitative estimate of drug-likeness (QED) is 0.800. The Kier molecular flexibility index (Phi) is 3.44. The van der Waals surface area contributed by atoms with Gasteiger partial charge in [0.1, 0.15) is 5.65 Å². The highest BCUT2D eigenvalue weighted by atomic mass is 16.1. The summed E-state index contributed by atoms with van der Waals surface area (Å²) in [5.41, 5.74) is 4.82. The molecule has 3 aromatic rings. The normalized spacial score (nSPS) is 10.8. The van der Waals surface area contributed by atoms with E-state index in [1.807, 2.05) is 67.0 Å². The van der Waals surface area contributed by atoms with Crippen LogP contribution in [-0.4, -0.2) is 15.3 Å². The van der Waals surface area contributed by atoms with Crippen LogP contribution in [-0.2, 0) is 11.2 Å². The van der Waals surface area contributed by atoms with Gasteiger partial charge in [-0.15, -0.1) is 0 Å². The summed E-state index contributed by atoms with van der Waals surface area (Å²) in [6, 6.07) is 11.8. The van der Waals surface area contributed by atoms with E-state index in [0.717, 1.165) is 22.6 Å². The van der Waals surface area contributed by atoms with Crippen LogP contribution in [0.1, 0.15) is 16.8 Å². The van der Waals surface area contributed by atoms with Crippen molar-refractivity contribution in [1.82, 2.24) is 9.38 Å². The molecule has 2 aromatic heterocycles. The summed E-state index contributed by atoms with van der Waals surface area (Å²) < 4.78 is 1.91. The van der Waals surface area contributed by atoms with Crippen molar-refractivity contribution in [2.75, 3.05) is 5.32 Å². The second-order valence-electron chi connectivity index (χ2n) is 5.28. The summed E-state index contributed by atoms with van der Waals surface area (Å²) >= 11 is 0. The Morgan fingerprint density at radius 3 is 2.62 bits per heavy atom. The van der Waals surface area contributed by atoms with Gasteiger partial charge in [0, 0.05) is 12.4 Å². The number of amides is 1. The number of nitrogens with one attached hydrogen (secondary N) is 1. The van der Waals surface area contributed by atoms with Gasteiger partial charge in [0.2, 0.25) is 5.91 Å². The molecule has 0 aliphatic carbocycles. The van der Waals surface area contributed by atoms with Gasteiger partial charge in [-0.05, 0) is 31.5 Å². The van der Waals surface area contributed by atoms with Crippen LogP contribution in [0.3, 0.4) is 0 Å². The van der Waals surface area contributed by atoms with E-state index in [-0.39, 0.29) is 5.91 Å². The number of hydrogen-bond acceptors (Lipinski definition) is 2. The zero-order valence-electron chi connectivity index (χ0n) is 12.1. The van der Waals surface area contributed by atoms with Gasteiger partial charge in [-0.2, -0.15) is 0 Å². The number of imidazole rings is 1. The van der Waals surface area contributed by atoms with Crippen molar-refractivity contribution < 1.29 is 4.79 Å². The van der Waals surface area contributed by atoms with E-state index in [2.05, 4.69) is 10.3 Å². The molecule has 1 N–H and O–H groups in total. The first-order valence-electron chi connectivity index (χ1n) is 6.91.